The Morgan fingerprint density at radius 2 is 1.76 bits per heavy atom. The molecule has 7 N–H and O–H groups in total. The van der Waals surface area contributed by atoms with Gasteiger partial charge in [0, 0.05) is 24.3 Å². The number of nitrogens with two attached hydrogens (primary N) is 2. The van der Waals surface area contributed by atoms with Crippen LogP contribution in [-0.2, 0) is 16.1 Å². The van der Waals surface area contributed by atoms with Crippen molar-refractivity contribution in [3.63, 3.8) is 0 Å². The van der Waals surface area contributed by atoms with E-state index >= 15 is 0 Å². The number of nitrogens with zero attached hydrogens (tertiary/aromatic N) is 1. The van der Waals surface area contributed by atoms with Gasteiger partial charge in [0.25, 0.3) is 0 Å². The SMILES string of the molecule is N=C(N)N(CCCC(N)C(=O)O)C(=O)CC(=O)c1ccc(NCc2ccc(Cl)c(Cl)c2)cc1. The third kappa shape index (κ3) is 8.05. The Labute approximate surface area is 201 Å². The summed E-state index contributed by atoms with van der Waals surface area (Å²) in [5.74, 6) is -2.73. The van der Waals surface area contributed by atoms with Crippen LogP contribution in [0.3, 0.4) is 0 Å². The summed E-state index contributed by atoms with van der Waals surface area (Å²) in [5, 5.41) is 20.5. The fourth-order valence-electron chi connectivity index (χ4n) is 2.93. The number of anilines is 1. The molecule has 2 aromatic rings. The Morgan fingerprint density at radius 1 is 1.09 bits per heavy atom. The van der Waals surface area contributed by atoms with Crippen LogP contribution in [0.15, 0.2) is 42.5 Å². The molecular formula is C22H25Cl2N5O4. The van der Waals surface area contributed by atoms with Crippen LogP contribution in [-0.4, -0.2) is 46.2 Å². The van der Waals surface area contributed by atoms with Gasteiger partial charge in [-0.15, -0.1) is 0 Å². The summed E-state index contributed by atoms with van der Waals surface area (Å²) >= 11 is 11.9. The first-order chi connectivity index (χ1) is 15.6. The highest BCUT2D eigenvalue weighted by molar-refractivity contribution is 6.42. The molecule has 0 bridgehead atoms. The van der Waals surface area contributed by atoms with E-state index < -0.39 is 36.1 Å². The number of hydrogen-bond donors (Lipinski definition) is 5. The molecule has 0 aliphatic rings. The van der Waals surface area contributed by atoms with Gasteiger partial charge in [0.2, 0.25) is 5.91 Å². The van der Waals surface area contributed by atoms with E-state index in [2.05, 4.69) is 5.32 Å². The molecule has 0 fully saturated rings. The van der Waals surface area contributed by atoms with E-state index in [0.717, 1.165) is 16.2 Å². The van der Waals surface area contributed by atoms with Gasteiger partial charge in [-0.1, -0.05) is 29.3 Å². The van der Waals surface area contributed by atoms with Gasteiger partial charge in [0.15, 0.2) is 11.7 Å². The summed E-state index contributed by atoms with van der Waals surface area (Å²) < 4.78 is 0. The van der Waals surface area contributed by atoms with Gasteiger partial charge in [-0.2, -0.15) is 0 Å². The van der Waals surface area contributed by atoms with E-state index in [9.17, 15) is 14.4 Å². The number of amides is 1. The van der Waals surface area contributed by atoms with Gasteiger partial charge >= 0.3 is 5.97 Å². The molecule has 11 heteroatoms. The second kappa shape index (κ2) is 12.2. The van der Waals surface area contributed by atoms with Gasteiger partial charge in [0.05, 0.1) is 16.5 Å². The molecule has 0 saturated carbocycles. The minimum Gasteiger partial charge on any atom is -0.480 e. The number of guanidine groups is 1. The first-order valence-corrected chi connectivity index (χ1v) is 10.8. The predicted molar refractivity (Wildman–Crippen MR) is 128 cm³/mol. The van der Waals surface area contributed by atoms with Crippen LogP contribution in [0.2, 0.25) is 10.0 Å². The monoisotopic (exact) mass is 493 g/mol. The largest absolute Gasteiger partial charge is 0.480 e. The molecule has 0 aromatic heterocycles. The normalized spacial score (nSPS) is 11.5. The minimum absolute atomic E-state index is 0.000000925. The first kappa shape index (κ1) is 26.1. The maximum absolute atomic E-state index is 12.5. The molecule has 2 aromatic carbocycles. The zero-order valence-corrected chi connectivity index (χ0v) is 19.2. The van der Waals surface area contributed by atoms with Gasteiger partial charge < -0.3 is 21.9 Å². The summed E-state index contributed by atoms with van der Waals surface area (Å²) in [6.07, 6.45) is -0.135. The lowest BCUT2D eigenvalue weighted by atomic mass is 10.1. The maximum Gasteiger partial charge on any atom is 0.320 e. The van der Waals surface area contributed by atoms with Crippen molar-refractivity contribution in [1.82, 2.24) is 4.90 Å². The molecule has 0 heterocycles. The van der Waals surface area contributed by atoms with Crippen LogP contribution in [0.4, 0.5) is 5.69 Å². The van der Waals surface area contributed by atoms with E-state index in [4.69, 9.17) is 45.2 Å². The smallest absolute Gasteiger partial charge is 0.320 e. The van der Waals surface area contributed by atoms with Crippen molar-refractivity contribution >= 4 is 52.5 Å². The summed E-state index contributed by atoms with van der Waals surface area (Å²) in [7, 11) is 0. The lowest BCUT2D eigenvalue weighted by molar-refractivity contribution is -0.138. The molecule has 0 aliphatic carbocycles. The third-order valence-electron chi connectivity index (χ3n) is 4.81. The summed E-state index contributed by atoms with van der Waals surface area (Å²) in [5.41, 5.74) is 12.9. The lowest BCUT2D eigenvalue weighted by Crippen LogP contribution is -2.43. The number of carbonyl (C=O) groups excluding carboxylic acids is 2. The summed E-state index contributed by atoms with van der Waals surface area (Å²) in [6.45, 7) is 0.502. The van der Waals surface area contributed by atoms with Gasteiger partial charge in [0.1, 0.15) is 6.04 Å². The predicted octanol–water partition coefficient (Wildman–Crippen LogP) is 3.09. The van der Waals surface area contributed by atoms with Crippen molar-refractivity contribution in [2.45, 2.75) is 31.8 Å². The van der Waals surface area contributed by atoms with Crippen molar-refractivity contribution < 1.29 is 19.5 Å². The highest BCUT2D eigenvalue weighted by atomic mass is 35.5. The van der Waals surface area contributed by atoms with Crippen molar-refractivity contribution in [3.05, 3.63) is 63.6 Å². The number of halogens is 2. The molecule has 1 amide bonds. The van der Waals surface area contributed by atoms with Crippen LogP contribution < -0.4 is 16.8 Å². The van der Waals surface area contributed by atoms with Crippen LogP contribution in [0.25, 0.3) is 0 Å². The van der Waals surface area contributed by atoms with Crippen molar-refractivity contribution in [2.75, 3.05) is 11.9 Å². The molecule has 0 aliphatic heterocycles. The number of carboxylic acid groups (broad SMARTS) is 1. The molecule has 0 radical (unpaired) electrons. The Kier molecular flexibility index (Phi) is 9.65. The Morgan fingerprint density at radius 3 is 2.33 bits per heavy atom. The minimum atomic E-state index is -1.15. The third-order valence-corrected chi connectivity index (χ3v) is 5.54. The number of carboxylic acids is 1. The molecule has 1 atom stereocenters. The Balaban J connectivity index is 1.90. The van der Waals surface area contributed by atoms with Gasteiger partial charge in [-0.25, -0.2) is 0 Å². The first-order valence-electron chi connectivity index (χ1n) is 10.0. The average molecular weight is 494 g/mol. The van der Waals surface area contributed by atoms with Gasteiger partial charge in [-0.3, -0.25) is 24.7 Å². The number of hydrogen-bond acceptors (Lipinski definition) is 6. The zero-order valence-electron chi connectivity index (χ0n) is 17.7. The number of rotatable bonds is 11. The summed E-state index contributed by atoms with van der Waals surface area (Å²) in [4.78, 5) is 36.7. The molecular weight excluding hydrogens is 469 g/mol. The molecule has 9 nitrogen and oxygen atoms in total. The highest BCUT2D eigenvalue weighted by Gasteiger charge is 2.21. The summed E-state index contributed by atoms with van der Waals surface area (Å²) in [6, 6.07) is 10.9. The fourth-order valence-corrected chi connectivity index (χ4v) is 3.26. The number of aliphatic carboxylic acids is 1. The zero-order chi connectivity index (χ0) is 24.5. The second-order valence-corrected chi connectivity index (χ2v) is 8.11. The topological polar surface area (TPSA) is 163 Å². The molecule has 1 unspecified atom stereocenters. The van der Waals surface area contributed by atoms with Crippen molar-refractivity contribution in [3.8, 4) is 0 Å². The van der Waals surface area contributed by atoms with Crippen molar-refractivity contribution in [1.29, 1.82) is 5.41 Å². The maximum atomic E-state index is 12.5. The van der Waals surface area contributed by atoms with E-state index in [1.165, 1.54) is 0 Å². The van der Waals surface area contributed by atoms with Gasteiger partial charge in [-0.05, 0) is 54.8 Å². The fraction of sp³-hybridized carbons (Fsp3) is 0.273. The van der Waals surface area contributed by atoms with Crippen LogP contribution >= 0.6 is 23.2 Å². The lowest BCUT2D eigenvalue weighted by Gasteiger charge is -2.20. The molecule has 0 spiro atoms. The number of ketones is 1. The Bertz CT molecular complexity index is 1030. The number of nitrogens with one attached hydrogen (secondary N) is 2. The second-order valence-electron chi connectivity index (χ2n) is 7.30. The Hall–Kier alpha value is -3.14. The molecule has 0 saturated heterocycles. The number of carbonyl (C=O) groups is 3. The highest BCUT2D eigenvalue weighted by Crippen LogP contribution is 2.23. The number of benzene rings is 2. The number of Topliss-reactive ketones (excluding diaryl/α,β-unsaturated/α-hetero) is 1. The van der Waals surface area contributed by atoms with Crippen molar-refractivity contribution in [2.24, 2.45) is 11.5 Å². The van der Waals surface area contributed by atoms with Crippen LogP contribution in [0, 0.1) is 5.41 Å². The quantitative estimate of drug-likeness (QED) is 0.139. The van der Waals surface area contributed by atoms with Crippen LogP contribution in [0.1, 0.15) is 35.2 Å². The van der Waals surface area contributed by atoms with Crippen LogP contribution in [0.5, 0.6) is 0 Å². The van der Waals surface area contributed by atoms with E-state index in [-0.39, 0.29) is 19.4 Å². The van der Waals surface area contributed by atoms with E-state index in [1.54, 1.807) is 36.4 Å². The average Bonchev–Trinajstić information content (AvgIpc) is 2.77. The van der Waals surface area contributed by atoms with E-state index in [1.807, 2.05) is 6.07 Å². The standard InChI is InChI=1S/C22H25Cl2N5O4/c23-16-8-3-13(10-17(16)24)12-28-15-6-4-14(5-7-15)19(30)11-20(31)29(22(26)27)9-1-2-18(25)21(32)33/h3-8,10,18,28H,1-2,9,11-12,25H2,(H3,26,27)(H,32,33). The van der Waals surface area contributed by atoms with E-state index in [0.29, 0.717) is 22.2 Å². The molecule has 33 heavy (non-hydrogen) atoms. The molecule has 2 rings (SSSR count). The molecule has 176 valence electrons.